The molecule has 2 aromatic heterocycles. The summed E-state index contributed by atoms with van der Waals surface area (Å²) < 4.78 is 0. The Morgan fingerprint density at radius 3 is 2.89 bits per heavy atom. The van der Waals surface area contributed by atoms with E-state index in [0.717, 1.165) is 36.0 Å². The van der Waals surface area contributed by atoms with Crippen molar-refractivity contribution in [3.8, 4) is 0 Å². The number of nitrogens with zero attached hydrogens (tertiary/aromatic N) is 5. The van der Waals surface area contributed by atoms with Crippen molar-refractivity contribution in [2.24, 2.45) is 4.99 Å². The molecule has 0 aromatic carbocycles. The summed E-state index contributed by atoms with van der Waals surface area (Å²) in [6.07, 6.45) is 7.10. The lowest BCUT2D eigenvalue weighted by Gasteiger charge is -2.19. The van der Waals surface area contributed by atoms with E-state index in [0.29, 0.717) is 0 Å². The Morgan fingerprint density at radius 1 is 1.17 bits per heavy atom. The summed E-state index contributed by atoms with van der Waals surface area (Å²) in [7, 11) is 0. The smallest absolute Gasteiger partial charge is 0.153 e. The summed E-state index contributed by atoms with van der Waals surface area (Å²) in [6.45, 7) is 3.55. The zero-order chi connectivity index (χ0) is 12.4. The molecule has 0 saturated carbocycles. The standard InChI is InChI=1S/C13H13N5/c1-10-7-15-9-12(17-10)18-6-5-16-13(18)11-3-2-4-14-8-11/h2-4,7-9H,5-6H2,1H3. The summed E-state index contributed by atoms with van der Waals surface area (Å²) in [5.74, 6) is 1.76. The monoisotopic (exact) mass is 239 g/mol. The van der Waals surface area contributed by atoms with Gasteiger partial charge in [0.25, 0.3) is 0 Å². The summed E-state index contributed by atoms with van der Waals surface area (Å²) in [5.41, 5.74) is 1.92. The molecule has 1 aliphatic rings. The Bertz CT molecular complexity index is 579. The van der Waals surface area contributed by atoms with E-state index >= 15 is 0 Å². The average Bonchev–Trinajstić information content (AvgIpc) is 2.89. The maximum absolute atomic E-state index is 4.53. The molecule has 3 heterocycles. The minimum absolute atomic E-state index is 0.778. The topological polar surface area (TPSA) is 54.3 Å². The first-order chi connectivity index (χ1) is 8.84. The van der Waals surface area contributed by atoms with Gasteiger partial charge in [0.15, 0.2) is 5.82 Å². The van der Waals surface area contributed by atoms with Crippen LogP contribution in [-0.2, 0) is 0 Å². The zero-order valence-electron chi connectivity index (χ0n) is 10.1. The first-order valence-corrected chi connectivity index (χ1v) is 5.85. The van der Waals surface area contributed by atoms with Gasteiger partial charge >= 0.3 is 0 Å². The Labute approximate surface area is 105 Å². The van der Waals surface area contributed by atoms with Gasteiger partial charge in [-0.05, 0) is 19.1 Å². The molecule has 0 radical (unpaired) electrons. The molecule has 5 nitrogen and oxygen atoms in total. The highest BCUT2D eigenvalue weighted by atomic mass is 15.3. The number of hydrogen-bond acceptors (Lipinski definition) is 5. The Balaban J connectivity index is 1.97. The maximum atomic E-state index is 4.53. The lowest BCUT2D eigenvalue weighted by Crippen LogP contribution is -2.29. The van der Waals surface area contributed by atoms with Crippen molar-refractivity contribution in [2.45, 2.75) is 6.92 Å². The lowest BCUT2D eigenvalue weighted by atomic mass is 10.2. The Kier molecular flexibility index (Phi) is 2.72. The number of rotatable bonds is 2. The van der Waals surface area contributed by atoms with Crippen LogP contribution in [0.5, 0.6) is 0 Å². The fraction of sp³-hybridized carbons (Fsp3) is 0.231. The van der Waals surface area contributed by atoms with Crippen molar-refractivity contribution < 1.29 is 0 Å². The molecule has 1 aliphatic heterocycles. The van der Waals surface area contributed by atoms with Crippen LogP contribution in [0.15, 0.2) is 41.9 Å². The van der Waals surface area contributed by atoms with Crippen molar-refractivity contribution in [3.05, 3.63) is 48.2 Å². The fourth-order valence-corrected chi connectivity index (χ4v) is 1.99. The molecule has 0 spiro atoms. The third-order valence-corrected chi connectivity index (χ3v) is 2.78. The highest BCUT2D eigenvalue weighted by Gasteiger charge is 2.21. The quantitative estimate of drug-likeness (QED) is 0.796. The Morgan fingerprint density at radius 2 is 2.11 bits per heavy atom. The van der Waals surface area contributed by atoms with Gasteiger partial charge in [-0.2, -0.15) is 0 Å². The number of anilines is 1. The van der Waals surface area contributed by atoms with Crippen LogP contribution in [0.2, 0.25) is 0 Å². The molecule has 2 aromatic rings. The number of hydrogen-bond donors (Lipinski definition) is 0. The van der Waals surface area contributed by atoms with Crippen LogP contribution in [0.1, 0.15) is 11.3 Å². The second-order valence-corrected chi connectivity index (χ2v) is 4.12. The average molecular weight is 239 g/mol. The lowest BCUT2D eigenvalue weighted by molar-refractivity contribution is 0.975. The SMILES string of the molecule is Cc1cncc(N2CCN=C2c2cccnc2)n1. The van der Waals surface area contributed by atoms with E-state index in [1.807, 2.05) is 25.3 Å². The minimum Gasteiger partial charge on any atom is -0.308 e. The van der Waals surface area contributed by atoms with E-state index in [4.69, 9.17) is 0 Å². The van der Waals surface area contributed by atoms with Crippen LogP contribution in [0.25, 0.3) is 0 Å². The van der Waals surface area contributed by atoms with Gasteiger partial charge in [-0.1, -0.05) is 0 Å². The molecule has 0 saturated heterocycles. The molecule has 90 valence electrons. The van der Waals surface area contributed by atoms with Crippen LogP contribution in [-0.4, -0.2) is 33.9 Å². The van der Waals surface area contributed by atoms with Crippen molar-refractivity contribution in [1.29, 1.82) is 0 Å². The van der Waals surface area contributed by atoms with Crippen LogP contribution in [0, 0.1) is 6.92 Å². The molecular formula is C13H13N5. The van der Waals surface area contributed by atoms with Crippen LogP contribution < -0.4 is 4.90 Å². The minimum atomic E-state index is 0.778. The predicted molar refractivity (Wildman–Crippen MR) is 69.8 cm³/mol. The molecule has 0 unspecified atom stereocenters. The van der Waals surface area contributed by atoms with Crippen molar-refractivity contribution in [3.63, 3.8) is 0 Å². The van der Waals surface area contributed by atoms with Crippen LogP contribution in [0.4, 0.5) is 5.82 Å². The molecule has 0 bridgehead atoms. The van der Waals surface area contributed by atoms with Crippen LogP contribution in [0.3, 0.4) is 0 Å². The van der Waals surface area contributed by atoms with Gasteiger partial charge in [-0.15, -0.1) is 0 Å². The molecule has 0 fully saturated rings. The van der Waals surface area contributed by atoms with E-state index in [1.165, 1.54) is 0 Å². The maximum Gasteiger partial charge on any atom is 0.153 e. The van der Waals surface area contributed by atoms with Crippen molar-refractivity contribution in [1.82, 2.24) is 15.0 Å². The molecular weight excluding hydrogens is 226 g/mol. The number of amidine groups is 1. The molecule has 5 heteroatoms. The molecule has 18 heavy (non-hydrogen) atoms. The van der Waals surface area contributed by atoms with Gasteiger partial charge in [0.05, 0.1) is 18.4 Å². The number of aliphatic imine (C=N–C) groups is 1. The van der Waals surface area contributed by atoms with Gasteiger partial charge in [0, 0.05) is 30.7 Å². The predicted octanol–water partition coefficient (Wildman–Crippen LogP) is 1.45. The van der Waals surface area contributed by atoms with Gasteiger partial charge in [0.1, 0.15) is 5.84 Å². The second-order valence-electron chi connectivity index (χ2n) is 4.12. The van der Waals surface area contributed by atoms with Gasteiger partial charge in [0.2, 0.25) is 0 Å². The van der Waals surface area contributed by atoms with Gasteiger partial charge < -0.3 is 4.90 Å². The van der Waals surface area contributed by atoms with Gasteiger partial charge in [-0.25, -0.2) is 4.98 Å². The summed E-state index contributed by atoms with van der Waals surface area (Å²) >= 11 is 0. The first kappa shape index (κ1) is 10.8. The molecule has 0 aliphatic carbocycles. The zero-order valence-corrected chi connectivity index (χ0v) is 10.1. The number of aromatic nitrogens is 3. The van der Waals surface area contributed by atoms with Crippen molar-refractivity contribution >= 4 is 11.7 Å². The van der Waals surface area contributed by atoms with E-state index in [1.54, 1.807) is 18.6 Å². The third kappa shape index (κ3) is 1.95. The highest BCUT2D eigenvalue weighted by Crippen LogP contribution is 2.17. The summed E-state index contributed by atoms with van der Waals surface area (Å²) in [6, 6.07) is 3.92. The molecule has 3 rings (SSSR count). The summed E-state index contributed by atoms with van der Waals surface area (Å²) in [4.78, 5) is 19.4. The molecule has 0 atom stereocenters. The van der Waals surface area contributed by atoms with E-state index in [2.05, 4.69) is 24.8 Å². The van der Waals surface area contributed by atoms with E-state index in [-0.39, 0.29) is 0 Å². The normalized spacial score (nSPS) is 14.7. The van der Waals surface area contributed by atoms with E-state index in [9.17, 15) is 0 Å². The van der Waals surface area contributed by atoms with Crippen molar-refractivity contribution in [2.75, 3.05) is 18.0 Å². The van der Waals surface area contributed by atoms with Crippen LogP contribution >= 0.6 is 0 Å². The fourth-order valence-electron chi connectivity index (χ4n) is 1.99. The largest absolute Gasteiger partial charge is 0.308 e. The highest BCUT2D eigenvalue weighted by molar-refractivity contribution is 6.10. The number of aryl methyl sites for hydroxylation is 1. The molecule has 0 N–H and O–H groups in total. The summed E-state index contributed by atoms with van der Waals surface area (Å²) in [5, 5.41) is 0. The number of pyridine rings is 1. The molecule has 0 amide bonds. The Hall–Kier alpha value is -2.30. The third-order valence-electron chi connectivity index (χ3n) is 2.78. The van der Waals surface area contributed by atoms with Gasteiger partial charge in [-0.3, -0.25) is 15.0 Å². The van der Waals surface area contributed by atoms with E-state index < -0.39 is 0 Å². The second kappa shape index (κ2) is 4.52. The first-order valence-electron chi connectivity index (χ1n) is 5.85.